The average molecular weight is 342 g/mol. The normalized spacial score (nSPS) is 18.2. The molecule has 0 amide bonds. The molecule has 2 aromatic rings. The smallest absolute Gasteiger partial charge is 0.338 e. The number of carbonyl (C=O) groups is 1. The van der Waals surface area contributed by atoms with Crippen LogP contribution in [0.1, 0.15) is 55.7 Å². The van der Waals surface area contributed by atoms with Crippen LogP contribution in [0.4, 0.5) is 5.69 Å². The molecule has 1 aromatic carbocycles. The minimum atomic E-state index is -0.480. The summed E-state index contributed by atoms with van der Waals surface area (Å²) in [5.41, 5.74) is 1.23. The van der Waals surface area contributed by atoms with Gasteiger partial charge in [-0.15, -0.1) is 10.2 Å². The van der Waals surface area contributed by atoms with E-state index < -0.39 is 5.60 Å². The van der Waals surface area contributed by atoms with Crippen molar-refractivity contribution in [2.75, 3.05) is 18.0 Å². The summed E-state index contributed by atoms with van der Waals surface area (Å²) in [6, 6.07) is 7.68. The van der Waals surface area contributed by atoms with Gasteiger partial charge in [-0.2, -0.15) is 0 Å². The summed E-state index contributed by atoms with van der Waals surface area (Å²) < 4.78 is 7.42. The van der Waals surface area contributed by atoms with Crippen LogP contribution >= 0.6 is 0 Å². The van der Waals surface area contributed by atoms with Crippen LogP contribution in [0.2, 0.25) is 0 Å². The van der Waals surface area contributed by atoms with Crippen molar-refractivity contribution < 1.29 is 9.53 Å². The van der Waals surface area contributed by atoms with Crippen molar-refractivity contribution in [2.24, 2.45) is 7.05 Å². The molecule has 0 N–H and O–H groups in total. The van der Waals surface area contributed by atoms with Crippen molar-refractivity contribution >= 4 is 11.7 Å². The number of rotatable bonds is 3. The fourth-order valence-corrected chi connectivity index (χ4v) is 3.23. The molecule has 0 bridgehead atoms. The van der Waals surface area contributed by atoms with Crippen LogP contribution in [0.25, 0.3) is 0 Å². The Morgan fingerprint density at radius 2 is 1.96 bits per heavy atom. The third kappa shape index (κ3) is 4.18. The minimum absolute atomic E-state index is 0.283. The maximum atomic E-state index is 12.1. The van der Waals surface area contributed by atoms with Crippen molar-refractivity contribution in [1.82, 2.24) is 14.8 Å². The summed E-state index contributed by atoms with van der Waals surface area (Å²) >= 11 is 0. The van der Waals surface area contributed by atoms with Gasteiger partial charge in [-0.1, -0.05) is 0 Å². The van der Waals surface area contributed by atoms with Crippen LogP contribution in [-0.2, 0) is 11.8 Å². The van der Waals surface area contributed by atoms with Crippen LogP contribution in [0.15, 0.2) is 30.6 Å². The Labute approximate surface area is 148 Å². The van der Waals surface area contributed by atoms with Crippen molar-refractivity contribution in [3.63, 3.8) is 0 Å². The monoisotopic (exact) mass is 342 g/mol. The highest BCUT2D eigenvalue weighted by Gasteiger charge is 2.25. The molecule has 6 heteroatoms. The molecule has 0 spiro atoms. The summed E-state index contributed by atoms with van der Waals surface area (Å²) in [4.78, 5) is 14.5. The van der Waals surface area contributed by atoms with E-state index in [1.165, 1.54) is 0 Å². The van der Waals surface area contributed by atoms with Gasteiger partial charge in [0.1, 0.15) is 17.8 Å². The second-order valence-corrected chi connectivity index (χ2v) is 7.63. The molecule has 0 radical (unpaired) electrons. The SMILES string of the molecule is Cn1cnnc1C1CCCN(c2ccc(C(=O)OC(C)(C)C)cc2)C1. The first kappa shape index (κ1) is 17.5. The van der Waals surface area contributed by atoms with E-state index in [2.05, 4.69) is 15.1 Å². The molecule has 134 valence electrons. The highest BCUT2D eigenvalue weighted by atomic mass is 16.6. The van der Waals surface area contributed by atoms with Crippen molar-refractivity contribution in [3.8, 4) is 0 Å². The zero-order valence-corrected chi connectivity index (χ0v) is 15.4. The molecule has 1 unspecified atom stereocenters. The molecular formula is C19H26N4O2. The van der Waals surface area contributed by atoms with Gasteiger partial charge in [0.15, 0.2) is 0 Å². The molecule has 1 fully saturated rings. The van der Waals surface area contributed by atoms with Gasteiger partial charge in [-0.3, -0.25) is 0 Å². The minimum Gasteiger partial charge on any atom is -0.456 e. The Kier molecular flexibility index (Phi) is 4.79. The summed E-state index contributed by atoms with van der Waals surface area (Å²) in [6.07, 6.45) is 3.99. The number of ether oxygens (including phenoxy) is 1. The second-order valence-electron chi connectivity index (χ2n) is 7.63. The predicted octanol–water partition coefficient (Wildman–Crippen LogP) is 3.15. The van der Waals surface area contributed by atoms with E-state index in [0.29, 0.717) is 11.5 Å². The van der Waals surface area contributed by atoms with E-state index in [1.54, 1.807) is 6.33 Å². The van der Waals surface area contributed by atoms with Crippen LogP contribution in [0, 0.1) is 0 Å². The van der Waals surface area contributed by atoms with Gasteiger partial charge in [0.25, 0.3) is 0 Å². The molecule has 1 aliphatic rings. The fraction of sp³-hybridized carbons (Fsp3) is 0.526. The number of hydrogen-bond acceptors (Lipinski definition) is 5. The highest BCUT2D eigenvalue weighted by Crippen LogP contribution is 2.29. The number of aromatic nitrogens is 3. The van der Waals surface area contributed by atoms with Gasteiger partial charge in [-0.05, 0) is 57.9 Å². The highest BCUT2D eigenvalue weighted by molar-refractivity contribution is 5.90. The molecule has 1 atom stereocenters. The third-order valence-electron chi connectivity index (χ3n) is 4.40. The van der Waals surface area contributed by atoms with Crippen LogP contribution in [-0.4, -0.2) is 39.4 Å². The maximum Gasteiger partial charge on any atom is 0.338 e. The lowest BCUT2D eigenvalue weighted by molar-refractivity contribution is 0.00695. The van der Waals surface area contributed by atoms with Gasteiger partial charge in [-0.25, -0.2) is 4.79 Å². The number of nitrogens with zero attached hydrogens (tertiary/aromatic N) is 4. The molecule has 1 aromatic heterocycles. The van der Waals surface area contributed by atoms with E-state index in [-0.39, 0.29) is 5.97 Å². The molecule has 1 saturated heterocycles. The zero-order valence-electron chi connectivity index (χ0n) is 15.4. The number of hydrogen-bond donors (Lipinski definition) is 0. The van der Waals surface area contributed by atoms with Gasteiger partial charge in [0.05, 0.1) is 5.56 Å². The van der Waals surface area contributed by atoms with Crippen LogP contribution in [0.3, 0.4) is 0 Å². The topological polar surface area (TPSA) is 60.2 Å². The Bertz CT molecular complexity index is 731. The Balaban J connectivity index is 1.69. The van der Waals surface area contributed by atoms with Crippen molar-refractivity contribution in [3.05, 3.63) is 42.0 Å². The third-order valence-corrected chi connectivity index (χ3v) is 4.40. The van der Waals surface area contributed by atoms with Crippen molar-refractivity contribution in [2.45, 2.75) is 45.1 Å². The molecule has 2 heterocycles. The van der Waals surface area contributed by atoms with E-state index >= 15 is 0 Å². The number of anilines is 1. The molecule has 1 aliphatic heterocycles. The predicted molar refractivity (Wildman–Crippen MR) is 96.8 cm³/mol. The average Bonchev–Trinajstić information content (AvgIpc) is 3.00. The quantitative estimate of drug-likeness (QED) is 0.802. The summed E-state index contributed by atoms with van der Waals surface area (Å²) in [7, 11) is 1.99. The second kappa shape index (κ2) is 6.86. The lowest BCUT2D eigenvalue weighted by Crippen LogP contribution is -2.35. The lowest BCUT2D eigenvalue weighted by Gasteiger charge is -2.34. The first-order valence-electron chi connectivity index (χ1n) is 8.76. The fourth-order valence-electron chi connectivity index (χ4n) is 3.23. The largest absolute Gasteiger partial charge is 0.456 e. The summed E-state index contributed by atoms with van der Waals surface area (Å²) in [6.45, 7) is 7.55. The van der Waals surface area contributed by atoms with Gasteiger partial charge >= 0.3 is 5.97 Å². The summed E-state index contributed by atoms with van der Waals surface area (Å²) in [5, 5.41) is 8.26. The molecule has 0 saturated carbocycles. The van der Waals surface area contributed by atoms with Crippen LogP contribution < -0.4 is 4.90 Å². The van der Waals surface area contributed by atoms with Gasteiger partial charge in [0.2, 0.25) is 0 Å². The number of esters is 1. The molecular weight excluding hydrogens is 316 g/mol. The molecule has 25 heavy (non-hydrogen) atoms. The van der Waals surface area contributed by atoms with Gasteiger partial charge < -0.3 is 14.2 Å². The lowest BCUT2D eigenvalue weighted by atomic mass is 9.96. The Morgan fingerprint density at radius 3 is 2.56 bits per heavy atom. The Morgan fingerprint density at radius 1 is 1.24 bits per heavy atom. The standard InChI is InChI=1S/C19H26N4O2/c1-19(2,3)25-18(24)14-7-9-16(10-8-14)23-11-5-6-15(12-23)17-21-20-13-22(17)4/h7-10,13,15H,5-6,11-12H2,1-4H3. The Hall–Kier alpha value is -2.37. The van der Waals surface area contributed by atoms with E-state index in [0.717, 1.165) is 37.4 Å². The molecule has 0 aliphatic carbocycles. The van der Waals surface area contributed by atoms with Crippen molar-refractivity contribution in [1.29, 1.82) is 0 Å². The van der Waals surface area contributed by atoms with Gasteiger partial charge in [0, 0.05) is 31.7 Å². The number of piperidine rings is 1. The maximum absolute atomic E-state index is 12.1. The zero-order chi connectivity index (χ0) is 18.0. The molecule has 3 rings (SSSR count). The summed E-state index contributed by atoms with van der Waals surface area (Å²) in [5.74, 6) is 1.14. The number of benzene rings is 1. The van der Waals surface area contributed by atoms with Crippen LogP contribution in [0.5, 0.6) is 0 Å². The molecule has 6 nitrogen and oxygen atoms in total. The van der Waals surface area contributed by atoms with E-state index in [9.17, 15) is 4.79 Å². The van der Waals surface area contributed by atoms with E-state index in [4.69, 9.17) is 4.74 Å². The van der Waals surface area contributed by atoms with E-state index in [1.807, 2.05) is 56.7 Å². The first-order valence-corrected chi connectivity index (χ1v) is 8.76. The number of aryl methyl sites for hydroxylation is 1. The first-order chi connectivity index (χ1) is 11.8. The number of carbonyl (C=O) groups excluding carboxylic acids is 1.